The van der Waals surface area contributed by atoms with Crippen LogP contribution in [0, 0.1) is 0 Å². The van der Waals surface area contributed by atoms with Crippen LogP contribution in [0.3, 0.4) is 0 Å². The molecule has 2 aliphatic heterocycles. The molecule has 3 aromatic rings. The van der Waals surface area contributed by atoms with Crippen molar-refractivity contribution in [3.63, 3.8) is 0 Å². The lowest BCUT2D eigenvalue weighted by Crippen LogP contribution is -2.51. The summed E-state index contributed by atoms with van der Waals surface area (Å²) < 4.78 is 10.9. The molecule has 31 heavy (non-hydrogen) atoms. The van der Waals surface area contributed by atoms with Crippen LogP contribution >= 0.6 is 0 Å². The molecule has 2 aromatic carbocycles. The molecule has 0 bridgehead atoms. The van der Waals surface area contributed by atoms with Crippen molar-refractivity contribution in [3.05, 3.63) is 72.3 Å². The standard InChI is InChI=1S/C12H12N4O2.C10H11NO2/c17-12(11-13-7-14-16-11)15-9-6-18-10(9)8-4-2-1-3-5-8;1-11-8-4-2-3-5-9(8)13-7-6-10(11)12/h1-5,7,9-10H,6H2,(H,15,17)(H,13,14,16);2-5H,6-7H2,1H3. The number of H-pyrrole nitrogens is 1. The molecular formula is C22H23N5O4. The molecule has 0 aliphatic carbocycles. The van der Waals surface area contributed by atoms with Gasteiger partial charge in [-0.25, -0.2) is 4.98 Å². The number of carbonyl (C=O) groups excluding carboxylic acids is 2. The molecule has 2 atom stereocenters. The Morgan fingerprint density at radius 1 is 1.16 bits per heavy atom. The monoisotopic (exact) mass is 421 g/mol. The van der Waals surface area contributed by atoms with Gasteiger partial charge in [-0.2, -0.15) is 5.10 Å². The summed E-state index contributed by atoms with van der Waals surface area (Å²) in [5, 5.41) is 9.04. The van der Waals surface area contributed by atoms with Crippen molar-refractivity contribution in [1.29, 1.82) is 0 Å². The lowest BCUT2D eigenvalue weighted by Gasteiger charge is -2.37. The molecule has 0 saturated carbocycles. The van der Waals surface area contributed by atoms with Crippen LogP contribution in [0.1, 0.15) is 28.7 Å². The summed E-state index contributed by atoms with van der Waals surface area (Å²) in [7, 11) is 1.77. The van der Waals surface area contributed by atoms with Crippen LogP contribution in [-0.2, 0) is 9.53 Å². The first kappa shape index (κ1) is 20.5. The fraction of sp³-hybridized carbons (Fsp3) is 0.273. The first-order chi connectivity index (χ1) is 15.1. The Hall–Kier alpha value is -3.72. The molecular weight excluding hydrogens is 398 g/mol. The third-order valence-electron chi connectivity index (χ3n) is 5.07. The summed E-state index contributed by atoms with van der Waals surface area (Å²) in [6.07, 6.45) is 1.67. The number of benzene rings is 2. The Bertz CT molecular complexity index is 1030. The second kappa shape index (κ2) is 9.40. The number of carbonyl (C=O) groups is 2. The van der Waals surface area contributed by atoms with Gasteiger partial charge in [-0.05, 0) is 17.7 Å². The molecule has 3 heterocycles. The zero-order valence-electron chi connectivity index (χ0n) is 17.0. The molecule has 0 spiro atoms. The number of fused-ring (bicyclic) bond motifs is 1. The lowest BCUT2D eigenvalue weighted by atomic mass is 9.98. The molecule has 0 radical (unpaired) electrons. The molecule has 9 nitrogen and oxygen atoms in total. The van der Waals surface area contributed by atoms with Crippen LogP contribution in [0.2, 0.25) is 0 Å². The van der Waals surface area contributed by atoms with Gasteiger partial charge in [-0.1, -0.05) is 42.5 Å². The summed E-state index contributed by atoms with van der Waals surface area (Å²) in [5.74, 6) is 0.844. The first-order valence-electron chi connectivity index (χ1n) is 9.94. The zero-order chi connectivity index (χ0) is 21.6. The van der Waals surface area contributed by atoms with E-state index in [1.54, 1.807) is 11.9 Å². The topological polar surface area (TPSA) is 109 Å². The van der Waals surface area contributed by atoms with Crippen molar-refractivity contribution < 1.29 is 19.1 Å². The Morgan fingerprint density at radius 3 is 2.65 bits per heavy atom. The highest BCUT2D eigenvalue weighted by Crippen LogP contribution is 2.30. The van der Waals surface area contributed by atoms with E-state index in [9.17, 15) is 9.59 Å². The number of nitrogens with one attached hydrogen (secondary N) is 2. The fourth-order valence-corrected chi connectivity index (χ4v) is 3.34. The molecule has 1 fully saturated rings. The first-order valence-corrected chi connectivity index (χ1v) is 9.94. The number of hydrogen-bond acceptors (Lipinski definition) is 6. The Kier molecular flexibility index (Phi) is 6.23. The van der Waals surface area contributed by atoms with E-state index in [-0.39, 0.29) is 29.8 Å². The SMILES string of the molecule is CN1C(=O)CCOc2ccccc21.O=C(NC1COC1c1ccccc1)c1ncn[nH]1. The summed E-state index contributed by atoms with van der Waals surface area (Å²) >= 11 is 0. The van der Waals surface area contributed by atoms with E-state index in [1.807, 2.05) is 54.6 Å². The maximum atomic E-state index is 11.8. The van der Waals surface area contributed by atoms with E-state index < -0.39 is 0 Å². The zero-order valence-corrected chi connectivity index (χ0v) is 17.0. The number of rotatable bonds is 3. The average molecular weight is 421 g/mol. The molecule has 2 unspecified atom stereocenters. The number of amides is 2. The predicted molar refractivity (Wildman–Crippen MR) is 113 cm³/mol. The van der Waals surface area contributed by atoms with Gasteiger partial charge in [0.1, 0.15) is 18.2 Å². The van der Waals surface area contributed by atoms with Gasteiger partial charge < -0.3 is 19.7 Å². The van der Waals surface area contributed by atoms with Crippen LogP contribution in [0.25, 0.3) is 0 Å². The number of nitrogens with zero attached hydrogens (tertiary/aromatic N) is 3. The molecule has 1 saturated heterocycles. The van der Waals surface area contributed by atoms with Gasteiger partial charge in [-0.3, -0.25) is 14.7 Å². The van der Waals surface area contributed by atoms with E-state index >= 15 is 0 Å². The largest absolute Gasteiger partial charge is 0.491 e. The van der Waals surface area contributed by atoms with Crippen molar-refractivity contribution >= 4 is 17.5 Å². The lowest BCUT2D eigenvalue weighted by molar-refractivity contribution is -0.118. The van der Waals surface area contributed by atoms with Crippen molar-refractivity contribution in [2.75, 3.05) is 25.2 Å². The smallest absolute Gasteiger partial charge is 0.289 e. The van der Waals surface area contributed by atoms with E-state index in [0.29, 0.717) is 19.6 Å². The Labute approximate surface area is 179 Å². The average Bonchev–Trinajstić information content (AvgIpc) is 3.28. The Balaban J connectivity index is 0.000000158. The van der Waals surface area contributed by atoms with Crippen LogP contribution in [0.15, 0.2) is 60.9 Å². The molecule has 2 aliphatic rings. The second-order valence-electron chi connectivity index (χ2n) is 7.10. The van der Waals surface area contributed by atoms with Crippen LogP contribution in [0.5, 0.6) is 5.75 Å². The van der Waals surface area contributed by atoms with Gasteiger partial charge in [-0.15, -0.1) is 0 Å². The van der Waals surface area contributed by atoms with E-state index in [0.717, 1.165) is 17.0 Å². The van der Waals surface area contributed by atoms with Crippen molar-refractivity contribution in [2.45, 2.75) is 18.6 Å². The highest BCUT2D eigenvalue weighted by Gasteiger charge is 2.35. The van der Waals surface area contributed by atoms with Crippen molar-refractivity contribution in [1.82, 2.24) is 20.5 Å². The van der Waals surface area contributed by atoms with Crippen molar-refractivity contribution in [3.8, 4) is 5.75 Å². The Morgan fingerprint density at radius 2 is 1.94 bits per heavy atom. The van der Waals surface area contributed by atoms with Gasteiger partial charge >= 0.3 is 0 Å². The summed E-state index contributed by atoms with van der Waals surface area (Å²) in [4.78, 5) is 28.7. The number of aromatic amines is 1. The number of anilines is 1. The van der Waals surface area contributed by atoms with E-state index in [1.165, 1.54) is 6.33 Å². The van der Waals surface area contributed by atoms with Crippen molar-refractivity contribution in [2.24, 2.45) is 0 Å². The molecule has 1 aromatic heterocycles. The van der Waals surface area contributed by atoms with E-state index in [2.05, 4.69) is 20.5 Å². The molecule has 2 N–H and O–H groups in total. The minimum Gasteiger partial charge on any atom is -0.491 e. The predicted octanol–water partition coefficient (Wildman–Crippen LogP) is 2.11. The summed E-state index contributed by atoms with van der Waals surface area (Å²) in [6, 6.07) is 17.4. The third kappa shape index (κ3) is 4.72. The van der Waals surface area contributed by atoms with E-state index in [4.69, 9.17) is 9.47 Å². The number of ether oxygens (including phenoxy) is 2. The van der Waals surface area contributed by atoms with Crippen LogP contribution in [-0.4, -0.2) is 53.3 Å². The van der Waals surface area contributed by atoms with Gasteiger partial charge in [0, 0.05) is 7.05 Å². The number of aromatic nitrogens is 3. The molecule has 160 valence electrons. The normalized spacial score (nSPS) is 19.6. The van der Waals surface area contributed by atoms with Gasteiger partial charge in [0.25, 0.3) is 5.91 Å². The highest BCUT2D eigenvalue weighted by atomic mass is 16.5. The molecule has 5 rings (SSSR count). The van der Waals surface area contributed by atoms with Crippen LogP contribution in [0.4, 0.5) is 5.69 Å². The summed E-state index contributed by atoms with van der Waals surface area (Å²) in [6.45, 7) is 0.986. The minimum absolute atomic E-state index is 0.0231. The maximum absolute atomic E-state index is 11.8. The van der Waals surface area contributed by atoms with Gasteiger partial charge in [0.05, 0.1) is 31.4 Å². The highest BCUT2D eigenvalue weighted by molar-refractivity contribution is 5.95. The number of para-hydroxylation sites is 2. The maximum Gasteiger partial charge on any atom is 0.289 e. The van der Waals surface area contributed by atoms with Crippen LogP contribution < -0.4 is 15.0 Å². The fourth-order valence-electron chi connectivity index (χ4n) is 3.34. The molecule has 2 amide bonds. The summed E-state index contributed by atoms with van der Waals surface area (Å²) in [5.41, 5.74) is 1.91. The number of hydrogen-bond donors (Lipinski definition) is 2. The molecule has 9 heteroatoms. The third-order valence-corrected chi connectivity index (χ3v) is 5.07. The van der Waals surface area contributed by atoms with Gasteiger partial charge in [0.2, 0.25) is 11.7 Å². The quantitative estimate of drug-likeness (QED) is 0.670. The second-order valence-corrected chi connectivity index (χ2v) is 7.10. The minimum atomic E-state index is -0.262. The van der Waals surface area contributed by atoms with Gasteiger partial charge in [0.15, 0.2) is 0 Å².